The largest absolute Gasteiger partial charge is 0.488 e. The predicted octanol–water partition coefficient (Wildman–Crippen LogP) is 6.30. The number of hydrogen-bond acceptors (Lipinski definition) is 7. The second kappa shape index (κ2) is 12.7. The van der Waals surface area contributed by atoms with Gasteiger partial charge in [0.05, 0.1) is 36.9 Å². The van der Waals surface area contributed by atoms with Gasteiger partial charge in [-0.25, -0.2) is 0 Å². The number of amides is 1. The summed E-state index contributed by atoms with van der Waals surface area (Å²) in [4.78, 5) is 56.0. The van der Waals surface area contributed by atoms with Crippen LogP contribution in [-0.2, 0) is 28.7 Å². The number of fused-ring (bicyclic) bond motifs is 1. The monoisotopic (exact) mass is 605 g/mol. The summed E-state index contributed by atoms with van der Waals surface area (Å²) in [5.74, 6) is -1.61. The van der Waals surface area contributed by atoms with Crippen molar-refractivity contribution in [3.63, 3.8) is 0 Å². The first-order chi connectivity index (χ1) is 20.6. The average molecular weight is 606 g/mol. The Morgan fingerprint density at radius 3 is 2.34 bits per heavy atom. The van der Waals surface area contributed by atoms with Crippen LogP contribution in [-0.4, -0.2) is 59.4 Å². The zero-order valence-electron chi connectivity index (χ0n) is 27.2. The van der Waals surface area contributed by atoms with Crippen LogP contribution in [0.25, 0.3) is 10.8 Å². The molecule has 0 aromatic heterocycles. The minimum atomic E-state index is -0.960. The summed E-state index contributed by atoms with van der Waals surface area (Å²) in [6.07, 6.45) is 1.83. The van der Waals surface area contributed by atoms with Crippen molar-refractivity contribution in [3.05, 3.63) is 55.1 Å². The predicted molar refractivity (Wildman–Crippen MR) is 169 cm³/mol. The van der Waals surface area contributed by atoms with Gasteiger partial charge in [-0.2, -0.15) is 0 Å². The van der Waals surface area contributed by atoms with E-state index in [-0.39, 0.29) is 50.0 Å². The van der Waals surface area contributed by atoms with E-state index in [1.807, 2.05) is 63.2 Å². The van der Waals surface area contributed by atoms with Gasteiger partial charge in [-0.1, -0.05) is 63.2 Å². The van der Waals surface area contributed by atoms with Crippen molar-refractivity contribution in [2.45, 2.75) is 91.9 Å². The Bertz CT molecular complexity index is 1410. The SMILES string of the molecule is C=C[C@@H]1C[C@]1(CC(=O)[C@@H]1C[C@@H](Oc2cccc3ccccc23)CN1C(=O)[C@@H](CC(=O)OC(C)(C)C)C(C)(C)C)C(=O)OCC. The van der Waals surface area contributed by atoms with Crippen LogP contribution in [0.2, 0.25) is 0 Å². The van der Waals surface area contributed by atoms with E-state index < -0.39 is 46.4 Å². The number of allylic oxidation sites excluding steroid dienone is 1. The maximum Gasteiger partial charge on any atom is 0.313 e. The van der Waals surface area contributed by atoms with E-state index in [2.05, 4.69) is 6.58 Å². The van der Waals surface area contributed by atoms with E-state index >= 15 is 0 Å². The summed E-state index contributed by atoms with van der Waals surface area (Å²) in [6, 6.07) is 12.9. The third-order valence-electron chi connectivity index (χ3n) is 8.68. The number of Topliss-reactive ketones (excluding diaryl/α,β-unsaturated/α-hetero) is 1. The summed E-state index contributed by atoms with van der Waals surface area (Å²) in [5.41, 5.74) is -2.25. The number of hydrogen-bond donors (Lipinski definition) is 0. The van der Waals surface area contributed by atoms with Crippen molar-refractivity contribution in [1.29, 1.82) is 0 Å². The highest BCUT2D eigenvalue weighted by Gasteiger charge is 2.61. The lowest BCUT2D eigenvalue weighted by Gasteiger charge is -2.35. The number of ketones is 1. The van der Waals surface area contributed by atoms with Crippen LogP contribution in [0.5, 0.6) is 5.75 Å². The Kier molecular flexibility index (Phi) is 9.62. The maximum absolute atomic E-state index is 14.4. The van der Waals surface area contributed by atoms with Crippen LogP contribution in [0, 0.1) is 22.7 Å². The molecule has 1 saturated carbocycles. The molecule has 0 radical (unpaired) electrons. The summed E-state index contributed by atoms with van der Waals surface area (Å²) in [5, 5.41) is 1.96. The molecule has 44 heavy (non-hydrogen) atoms. The number of carbonyl (C=O) groups excluding carboxylic acids is 4. The number of nitrogens with zero attached hydrogens (tertiary/aromatic N) is 1. The Balaban J connectivity index is 1.64. The third-order valence-corrected chi connectivity index (χ3v) is 8.68. The minimum absolute atomic E-state index is 0.0514. The molecule has 8 heteroatoms. The van der Waals surface area contributed by atoms with E-state index in [1.165, 1.54) is 0 Å². The number of esters is 2. The van der Waals surface area contributed by atoms with Gasteiger partial charge in [0.1, 0.15) is 17.5 Å². The molecule has 1 saturated heterocycles. The third kappa shape index (κ3) is 7.33. The molecule has 2 fully saturated rings. The first-order valence-electron chi connectivity index (χ1n) is 15.6. The van der Waals surface area contributed by atoms with Gasteiger partial charge in [-0.3, -0.25) is 19.2 Å². The Morgan fingerprint density at radius 2 is 1.73 bits per heavy atom. The van der Waals surface area contributed by atoms with Crippen LogP contribution in [0.15, 0.2) is 55.1 Å². The number of carbonyl (C=O) groups is 4. The van der Waals surface area contributed by atoms with Crippen molar-refractivity contribution in [3.8, 4) is 5.75 Å². The molecule has 4 rings (SSSR count). The molecule has 0 unspecified atom stereocenters. The van der Waals surface area contributed by atoms with Crippen LogP contribution < -0.4 is 4.74 Å². The van der Waals surface area contributed by atoms with Gasteiger partial charge in [0, 0.05) is 18.2 Å². The van der Waals surface area contributed by atoms with Gasteiger partial charge in [0.2, 0.25) is 5.91 Å². The molecule has 8 nitrogen and oxygen atoms in total. The quantitative estimate of drug-likeness (QED) is 0.219. The highest BCUT2D eigenvalue weighted by molar-refractivity contribution is 5.96. The lowest BCUT2D eigenvalue weighted by molar-refractivity contribution is -0.161. The van der Waals surface area contributed by atoms with Crippen molar-refractivity contribution in [2.75, 3.05) is 13.2 Å². The van der Waals surface area contributed by atoms with Crippen molar-refractivity contribution >= 4 is 34.4 Å². The van der Waals surface area contributed by atoms with Gasteiger partial charge in [-0.05, 0) is 56.9 Å². The first-order valence-corrected chi connectivity index (χ1v) is 15.6. The van der Waals surface area contributed by atoms with E-state index in [9.17, 15) is 19.2 Å². The molecular formula is C36H47NO7. The van der Waals surface area contributed by atoms with Crippen LogP contribution in [0.3, 0.4) is 0 Å². The molecule has 0 spiro atoms. The average Bonchev–Trinajstić information content (AvgIpc) is 3.49. The number of likely N-dealkylation sites (tertiary alicyclic amines) is 1. The zero-order valence-corrected chi connectivity index (χ0v) is 27.2. The van der Waals surface area contributed by atoms with Gasteiger partial charge >= 0.3 is 11.9 Å². The number of benzene rings is 2. The second-order valence-corrected chi connectivity index (χ2v) is 14.2. The lowest BCUT2D eigenvalue weighted by atomic mass is 9.77. The fourth-order valence-electron chi connectivity index (χ4n) is 6.28. The minimum Gasteiger partial charge on any atom is -0.488 e. The van der Waals surface area contributed by atoms with Crippen LogP contribution >= 0.6 is 0 Å². The first kappa shape index (κ1) is 33.2. The zero-order chi connectivity index (χ0) is 32.4. The van der Waals surface area contributed by atoms with E-state index in [0.29, 0.717) is 12.2 Å². The molecule has 1 heterocycles. The lowest BCUT2D eigenvalue weighted by Crippen LogP contribution is -2.48. The van der Waals surface area contributed by atoms with E-state index in [1.54, 1.807) is 38.7 Å². The van der Waals surface area contributed by atoms with Crippen LogP contribution in [0.4, 0.5) is 0 Å². The molecule has 0 N–H and O–H groups in total. The van der Waals surface area contributed by atoms with E-state index in [4.69, 9.17) is 14.2 Å². The summed E-state index contributed by atoms with van der Waals surface area (Å²) < 4.78 is 17.4. The van der Waals surface area contributed by atoms with Gasteiger partial charge in [0.15, 0.2) is 5.78 Å². The molecule has 5 atom stereocenters. The normalized spacial score (nSPS) is 24.0. The van der Waals surface area contributed by atoms with Gasteiger partial charge < -0.3 is 19.1 Å². The fraction of sp³-hybridized carbons (Fsp3) is 0.556. The maximum atomic E-state index is 14.4. The van der Waals surface area contributed by atoms with Gasteiger partial charge in [-0.15, -0.1) is 6.58 Å². The van der Waals surface area contributed by atoms with E-state index in [0.717, 1.165) is 10.8 Å². The number of rotatable bonds is 11. The number of ether oxygens (including phenoxy) is 3. The molecule has 0 bridgehead atoms. The Labute approximate surface area is 261 Å². The standard InChI is InChI=1S/C36H47NO7/c1-9-24-20-36(24,33(41)42-10-2)21-29(38)28-18-25(43-30-17-13-15-23-14-11-12-16-26(23)30)22-37(28)32(40)27(34(3,4)5)19-31(39)44-35(6,7)8/h9,11-17,24-25,27-28H,1,10,18-22H2,2-8H3/t24-,25-,27-,28+,36-/m1/s1. The fourth-order valence-corrected chi connectivity index (χ4v) is 6.28. The summed E-state index contributed by atoms with van der Waals surface area (Å²) >= 11 is 0. The summed E-state index contributed by atoms with van der Waals surface area (Å²) in [6.45, 7) is 17.1. The van der Waals surface area contributed by atoms with Crippen molar-refractivity contribution in [2.24, 2.45) is 22.7 Å². The molecule has 2 aliphatic rings. The van der Waals surface area contributed by atoms with Crippen molar-refractivity contribution < 1.29 is 33.4 Å². The Hall–Kier alpha value is -3.68. The van der Waals surface area contributed by atoms with Crippen LogP contribution in [0.1, 0.15) is 74.1 Å². The Morgan fingerprint density at radius 1 is 1.05 bits per heavy atom. The molecule has 2 aromatic rings. The molecule has 2 aromatic carbocycles. The summed E-state index contributed by atoms with van der Waals surface area (Å²) in [7, 11) is 0. The molecule has 1 aliphatic carbocycles. The smallest absolute Gasteiger partial charge is 0.313 e. The molecule has 238 valence electrons. The second-order valence-electron chi connectivity index (χ2n) is 14.2. The molecule has 1 aliphatic heterocycles. The topological polar surface area (TPSA) is 99.2 Å². The van der Waals surface area contributed by atoms with Gasteiger partial charge in [0.25, 0.3) is 0 Å². The van der Waals surface area contributed by atoms with Crippen molar-refractivity contribution in [1.82, 2.24) is 4.90 Å². The highest BCUT2D eigenvalue weighted by Crippen LogP contribution is 2.57. The molecular weight excluding hydrogens is 558 g/mol. The molecule has 1 amide bonds. The highest BCUT2D eigenvalue weighted by atomic mass is 16.6.